The molecule has 0 fully saturated rings. The van der Waals surface area contributed by atoms with Crippen molar-refractivity contribution in [1.82, 2.24) is 15.0 Å². The fourth-order valence-corrected chi connectivity index (χ4v) is 1.20. The van der Waals surface area contributed by atoms with Crippen molar-refractivity contribution in [2.24, 2.45) is 0 Å². The summed E-state index contributed by atoms with van der Waals surface area (Å²) in [6.45, 7) is 0. The fraction of sp³-hybridized carbons (Fsp3) is 0.125. The molecule has 0 unspecified atom stereocenters. The fourth-order valence-electron chi connectivity index (χ4n) is 1.20. The molecule has 0 saturated carbocycles. The van der Waals surface area contributed by atoms with Gasteiger partial charge in [0.05, 0.1) is 11.1 Å². The van der Waals surface area contributed by atoms with Crippen LogP contribution in [0.15, 0.2) is 17.1 Å². The summed E-state index contributed by atoms with van der Waals surface area (Å²) < 4.78 is 37.0. The molecule has 16 heavy (non-hydrogen) atoms. The van der Waals surface area contributed by atoms with Crippen molar-refractivity contribution in [2.75, 3.05) is 5.73 Å². The molecule has 0 aliphatic heterocycles. The summed E-state index contributed by atoms with van der Waals surface area (Å²) in [7, 11) is 0. The molecule has 0 atom stereocenters. The summed E-state index contributed by atoms with van der Waals surface area (Å²) in [5.41, 5.74) is 3.20. The number of anilines is 1. The first-order valence-corrected chi connectivity index (χ1v) is 4.10. The quantitative estimate of drug-likeness (QED) is 0.704. The Morgan fingerprint density at radius 3 is 2.69 bits per heavy atom. The van der Waals surface area contributed by atoms with Crippen LogP contribution in [0.5, 0.6) is 0 Å². The Morgan fingerprint density at radius 1 is 1.38 bits per heavy atom. The molecule has 2 aromatic rings. The van der Waals surface area contributed by atoms with Crippen LogP contribution >= 0.6 is 0 Å². The Hall–Kier alpha value is -2.12. The van der Waals surface area contributed by atoms with Crippen LogP contribution in [0.3, 0.4) is 0 Å². The maximum atomic E-state index is 12.3. The Balaban J connectivity index is 2.76. The van der Waals surface area contributed by atoms with Crippen LogP contribution in [-0.2, 0) is 6.18 Å². The number of hydrogen-bond donors (Lipinski definition) is 2. The van der Waals surface area contributed by atoms with E-state index in [1.165, 1.54) is 0 Å². The van der Waals surface area contributed by atoms with Crippen LogP contribution in [0.25, 0.3) is 11.0 Å². The Labute approximate surface area is 86.1 Å². The van der Waals surface area contributed by atoms with Gasteiger partial charge in [0, 0.05) is 6.20 Å². The molecule has 0 amide bonds. The van der Waals surface area contributed by atoms with E-state index in [9.17, 15) is 18.0 Å². The molecular formula is C8H5F3N4O. The molecule has 8 heteroatoms. The van der Waals surface area contributed by atoms with E-state index < -0.39 is 17.3 Å². The lowest BCUT2D eigenvalue weighted by Crippen LogP contribution is -2.14. The molecule has 0 bridgehead atoms. The van der Waals surface area contributed by atoms with Crippen molar-refractivity contribution in [1.29, 1.82) is 0 Å². The number of halogens is 3. The average Bonchev–Trinajstić information content (AvgIpc) is 2.15. The zero-order valence-electron chi connectivity index (χ0n) is 7.67. The molecule has 2 heterocycles. The van der Waals surface area contributed by atoms with Gasteiger partial charge in [-0.3, -0.25) is 9.78 Å². The van der Waals surface area contributed by atoms with Gasteiger partial charge < -0.3 is 5.73 Å². The highest BCUT2D eigenvalue weighted by Gasteiger charge is 2.31. The lowest BCUT2D eigenvalue weighted by Gasteiger charge is -2.06. The predicted octanol–water partition coefficient (Wildman–Crippen LogP) is 0.919. The number of aromatic amines is 1. The maximum absolute atomic E-state index is 12.3. The molecule has 0 spiro atoms. The number of alkyl halides is 3. The van der Waals surface area contributed by atoms with Crippen LogP contribution in [0.2, 0.25) is 0 Å². The van der Waals surface area contributed by atoms with Crippen LogP contribution in [0, 0.1) is 0 Å². The molecule has 0 aromatic carbocycles. The molecular weight excluding hydrogens is 225 g/mol. The SMILES string of the molecule is Nc1nc2cc(C(F)(F)F)cnc2c(=O)[nH]1. The van der Waals surface area contributed by atoms with Crippen molar-refractivity contribution >= 4 is 17.0 Å². The van der Waals surface area contributed by atoms with Crippen LogP contribution in [0.1, 0.15) is 5.56 Å². The Bertz CT molecular complexity index is 604. The number of nitrogens with two attached hydrogens (primary N) is 1. The number of hydrogen-bond acceptors (Lipinski definition) is 4. The van der Waals surface area contributed by atoms with Crippen molar-refractivity contribution < 1.29 is 13.2 Å². The summed E-state index contributed by atoms with van der Waals surface area (Å²) in [6, 6.07) is 0.730. The molecule has 2 rings (SSSR count). The molecule has 3 N–H and O–H groups in total. The van der Waals surface area contributed by atoms with E-state index in [4.69, 9.17) is 5.73 Å². The molecule has 0 aliphatic carbocycles. The van der Waals surface area contributed by atoms with Gasteiger partial charge in [0.15, 0.2) is 5.52 Å². The minimum absolute atomic E-state index is 0.179. The van der Waals surface area contributed by atoms with E-state index in [-0.39, 0.29) is 17.0 Å². The van der Waals surface area contributed by atoms with Gasteiger partial charge in [-0.05, 0) is 6.07 Å². The van der Waals surface area contributed by atoms with E-state index in [0.29, 0.717) is 6.20 Å². The summed E-state index contributed by atoms with van der Waals surface area (Å²) in [5.74, 6) is -0.251. The molecule has 0 aliphatic rings. The maximum Gasteiger partial charge on any atom is 0.417 e. The number of nitrogens with zero attached hydrogens (tertiary/aromatic N) is 2. The number of pyridine rings is 1. The lowest BCUT2D eigenvalue weighted by molar-refractivity contribution is -0.137. The van der Waals surface area contributed by atoms with Gasteiger partial charge in [-0.2, -0.15) is 13.2 Å². The highest BCUT2D eigenvalue weighted by Crippen LogP contribution is 2.29. The van der Waals surface area contributed by atoms with Crippen molar-refractivity contribution in [3.8, 4) is 0 Å². The van der Waals surface area contributed by atoms with E-state index in [1.54, 1.807) is 0 Å². The number of nitrogen functional groups attached to an aromatic ring is 1. The van der Waals surface area contributed by atoms with Crippen LogP contribution in [0.4, 0.5) is 19.1 Å². The Morgan fingerprint density at radius 2 is 2.06 bits per heavy atom. The van der Waals surface area contributed by atoms with Crippen molar-refractivity contribution in [2.45, 2.75) is 6.18 Å². The highest BCUT2D eigenvalue weighted by atomic mass is 19.4. The molecule has 84 valence electrons. The topological polar surface area (TPSA) is 84.7 Å². The van der Waals surface area contributed by atoms with Crippen molar-refractivity contribution in [3.63, 3.8) is 0 Å². The number of nitrogens with one attached hydrogen (secondary N) is 1. The van der Waals surface area contributed by atoms with E-state index in [0.717, 1.165) is 6.07 Å². The van der Waals surface area contributed by atoms with Gasteiger partial charge in [0.1, 0.15) is 0 Å². The van der Waals surface area contributed by atoms with Crippen LogP contribution < -0.4 is 11.3 Å². The zero-order valence-corrected chi connectivity index (χ0v) is 7.67. The molecule has 0 saturated heterocycles. The molecule has 0 radical (unpaired) electrons. The third kappa shape index (κ3) is 1.69. The van der Waals surface area contributed by atoms with E-state index >= 15 is 0 Å². The van der Waals surface area contributed by atoms with Crippen molar-refractivity contribution in [3.05, 3.63) is 28.2 Å². The summed E-state index contributed by atoms with van der Waals surface area (Å²) in [5, 5.41) is 0. The first kappa shape index (κ1) is 10.4. The minimum atomic E-state index is -4.53. The smallest absolute Gasteiger partial charge is 0.369 e. The average molecular weight is 230 g/mol. The second-order valence-electron chi connectivity index (χ2n) is 3.04. The third-order valence-electron chi connectivity index (χ3n) is 1.89. The van der Waals surface area contributed by atoms with E-state index in [1.807, 2.05) is 0 Å². The second-order valence-corrected chi connectivity index (χ2v) is 3.04. The van der Waals surface area contributed by atoms with Gasteiger partial charge in [0.2, 0.25) is 5.95 Å². The largest absolute Gasteiger partial charge is 0.417 e. The van der Waals surface area contributed by atoms with Gasteiger partial charge in [-0.15, -0.1) is 0 Å². The predicted molar refractivity (Wildman–Crippen MR) is 49.6 cm³/mol. The number of fused-ring (bicyclic) bond motifs is 1. The minimum Gasteiger partial charge on any atom is -0.369 e. The number of aromatic nitrogens is 3. The third-order valence-corrected chi connectivity index (χ3v) is 1.89. The Kier molecular flexibility index (Phi) is 2.07. The highest BCUT2D eigenvalue weighted by molar-refractivity contribution is 5.74. The summed E-state index contributed by atoms with van der Waals surface area (Å²) >= 11 is 0. The standard InChI is InChI=1S/C8H5F3N4O/c9-8(10,11)3-1-4-5(13-2-3)6(16)15-7(12)14-4/h1-2H,(H3,12,14,15,16). The van der Waals surface area contributed by atoms with E-state index in [2.05, 4.69) is 15.0 Å². The van der Waals surface area contributed by atoms with Crippen LogP contribution in [-0.4, -0.2) is 15.0 Å². The molecule has 5 nitrogen and oxygen atoms in total. The summed E-state index contributed by atoms with van der Waals surface area (Å²) in [4.78, 5) is 20.4. The van der Waals surface area contributed by atoms with Gasteiger partial charge >= 0.3 is 6.18 Å². The number of rotatable bonds is 0. The van der Waals surface area contributed by atoms with Gasteiger partial charge in [-0.1, -0.05) is 0 Å². The first-order valence-electron chi connectivity index (χ1n) is 4.10. The zero-order chi connectivity index (χ0) is 11.9. The number of H-pyrrole nitrogens is 1. The second kappa shape index (κ2) is 3.19. The van der Waals surface area contributed by atoms with Gasteiger partial charge in [-0.25, -0.2) is 9.97 Å². The molecule has 2 aromatic heterocycles. The van der Waals surface area contributed by atoms with Gasteiger partial charge in [0.25, 0.3) is 5.56 Å². The summed E-state index contributed by atoms with van der Waals surface area (Å²) in [6.07, 6.45) is -3.95. The lowest BCUT2D eigenvalue weighted by atomic mass is 10.2. The normalized spacial score (nSPS) is 11.9. The monoisotopic (exact) mass is 230 g/mol. The first-order chi connectivity index (χ1) is 7.38.